The highest BCUT2D eigenvalue weighted by Crippen LogP contribution is 2.42. The number of aryl methyl sites for hydroxylation is 1. The Morgan fingerprint density at radius 3 is 2.73 bits per heavy atom. The predicted molar refractivity (Wildman–Crippen MR) is 100 cm³/mol. The van der Waals surface area contributed by atoms with Gasteiger partial charge in [-0.25, -0.2) is 4.68 Å². The summed E-state index contributed by atoms with van der Waals surface area (Å²) >= 11 is 0. The summed E-state index contributed by atoms with van der Waals surface area (Å²) in [5.41, 5.74) is 5.53. The molecule has 0 spiro atoms. The highest BCUT2D eigenvalue weighted by atomic mass is 16.1. The number of amides is 1. The Kier molecular flexibility index (Phi) is 4.29. The molecule has 1 aliphatic carbocycles. The normalized spacial score (nSPS) is 13.6. The van der Waals surface area contributed by atoms with Crippen molar-refractivity contribution in [1.82, 2.24) is 20.1 Å². The van der Waals surface area contributed by atoms with Gasteiger partial charge in [0.1, 0.15) is 0 Å². The minimum Gasteiger partial charge on any atom is -0.346 e. The molecule has 3 aromatic rings. The lowest BCUT2D eigenvalue weighted by molar-refractivity contribution is 0.0949. The zero-order valence-corrected chi connectivity index (χ0v) is 15.1. The van der Waals surface area contributed by atoms with Gasteiger partial charge in [-0.2, -0.15) is 5.10 Å². The first-order chi connectivity index (χ1) is 12.6. The van der Waals surface area contributed by atoms with Crippen molar-refractivity contribution < 1.29 is 4.79 Å². The average Bonchev–Trinajstić information content (AvgIpc) is 3.43. The lowest BCUT2D eigenvalue weighted by Gasteiger charge is -2.07. The van der Waals surface area contributed by atoms with Crippen molar-refractivity contribution in [2.24, 2.45) is 0 Å². The quantitative estimate of drug-likeness (QED) is 0.766. The van der Waals surface area contributed by atoms with Gasteiger partial charge in [-0.05, 0) is 56.5 Å². The van der Waals surface area contributed by atoms with Crippen LogP contribution in [0.25, 0.3) is 5.69 Å². The SMILES string of the molecule is Cc1cccc(-n2nc(C3CC3)c(C(=O)NCc3ccccn3)c2C)c1. The second kappa shape index (κ2) is 6.75. The zero-order valence-electron chi connectivity index (χ0n) is 15.1. The lowest BCUT2D eigenvalue weighted by atomic mass is 10.1. The number of aromatic nitrogens is 3. The number of hydrogen-bond donors (Lipinski definition) is 1. The topological polar surface area (TPSA) is 59.8 Å². The van der Waals surface area contributed by atoms with Crippen LogP contribution in [-0.2, 0) is 6.54 Å². The molecule has 0 saturated heterocycles. The van der Waals surface area contributed by atoms with Crippen molar-refractivity contribution in [3.8, 4) is 5.69 Å². The third kappa shape index (κ3) is 3.25. The summed E-state index contributed by atoms with van der Waals surface area (Å²) in [6.07, 6.45) is 3.94. The average molecular weight is 346 g/mol. The molecule has 1 amide bonds. The first kappa shape index (κ1) is 16.5. The monoisotopic (exact) mass is 346 g/mol. The Labute approximate surface area is 153 Å². The van der Waals surface area contributed by atoms with E-state index in [1.54, 1.807) is 6.20 Å². The molecule has 2 aromatic heterocycles. The van der Waals surface area contributed by atoms with Crippen molar-refractivity contribution in [2.45, 2.75) is 39.2 Å². The molecule has 132 valence electrons. The number of rotatable bonds is 5. The standard InChI is InChI=1S/C21H22N4O/c1-14-6-5-8-18(12-14)25-15(2)19(20(24-25)16-9-10-16)21(26)23-13-17-7-3-4-11-22-17/h3-8,11-12,16H,9-10,13H2,1-2H3,(H,23,26). The van der Waals surface area contributed by atoms with Gasteiger partial charge in [0.2, 0.25) is 0 Å². The molecule has 0 unspecified atom stereocenters. The van der Waals surface area contributed by atoms with Gasteiger partial charge >= 0.3 is 0 Å². The number of benzene rings is 1. The third-order valence-electron chi connectivity index (χ3n) is 4.74. The van der Waals surface area contributed by atoms with Crippen LogP contribution in [0.4, 0.5) is 0 Å². The molecule has 0 aliphatic heterocycles. The van der Waals surface area contributed by atoms with Crippen LogP contribution in [0.2, 0.25) is 0 Å². The molecule has 5 heteroatoms. The van der Waals surface area contributed by atoms with Crippen LogP contribution in [0, 0.1) is 13.8 Å². The maximum Gasteiger partial charge on any atom is 0.255 e. The van der Waals surface area contributed by atoms with E-state index in [1.807, 2.05) is 41.9 Å². The Morgan fingerprint density at radius 1 is 1.19 bits per heavy atom. The third-order valence-corrected chi connectivity index (χ3v) is 4.74. The van der Waals surface area contributed by atoms with E-state index in [0.29, 0.717) is 18.0 Å². The van der Waals surface area contributed by atoms with Gasteiger partial charge in [0.05, 0.1) is 34.9 Å². The molecular formula is C21H22N4O. The molecule has 2 heterocycles. The fourth-order valence-electron chi connectivity index (χ4n) is 3.22. The molecule has 1 aliphatic rings. The highest BCUT2D eigenvalue weighted by Gasteiger charge is 2.33. The van der Waals surface area contributed by atoms with Gasteiger partial charge in [0.25, 0.3) is 5.91 Å². The molecule has 26 heavy (non-hydrogen) atoms. The van der Waals surface area contributed by atoms with Crippen LogP contribution >= 0.6 is 0 Å². The maximum absolute atomic E-state index is 12.9. The van der Waals surface area contributed by atoms with E-state index in [0.717, 1.165) is 35.6 Å². The minimum atomic E-state index is -0.0750. The molecule has 1 N–H and O–H groups in total. The number of nitrogens with zero attached hydrogens (tertiary/aromatic N) is 3. The summed E-state index contributed by atoms with van der Waals surface area (Å²) in [6, 6.07) is 13.9. The summed E-state index contributed by atoms with van der Waals surface area (Å²) in [6.45, 7) is 4.44. The van der Waals surface area contributed by atoms with Gasteiger partial charge in [-0.1, -0.05) is 18.2 Å². The lowest BCUT2D eigenvalue weighted by Crippen LogP contribution is -2.24. The minimum absolute atomic E-state index is 0.0750. The second-order valence-electron chi connectivity index (χ2n) is 6.87. The summed E-state index contributed by atoms with van der Waals surface area (Å²) < 4.78 is 1.90. The van der Waals surface area contributed by atoms with Crippen molar-refractivity contribution in [2.75, 3.05) is 0 Å². The first-order valence-electron chi connectivity index (χ1n) is 8.98. The van der Waals surface area contributed by atoms with Gasteiger partial charge in [0, 0.05) is 12.1 Å². The molecule has 0 radical (unpaired) electrons. The summed E-state index contributed by atoms with van der Waals surface area (Å²) in [5, 5.41) is 7.80. The molecular weight excluding hydrogens is 324 g/mol. The number of nitrogens with one attached hydrogen (secondary N) is 1. The molecule has 1 aromatic carbocycles. The summed E-state index contributed by atoms with van der Waals surface area (Å²) in [5.74, 6) is 0.323. The number of carbonyl (C=O) groups is 1. The van der Waals surface area contributed by atoms with Crippen molar-refractivity contribution in [1.29, 1.82) is 0 Å². The second-order valence-corrected chi connectivity index (χ2v) is 6.87. The number of hydrogen-bond acceptors (Lipinski definition) is 3. The van der Waals surface area contributed by atoms with Crippen LogP contribution in [0.5, 0.6) is 0 Å². The van der Waals surface area contributed by atoms with Crippen LogP contribution in [0.3, 0.4) is 0 Å². The Balaban J connectivity index is 1.65. The van der Waals surface area contributed by atoms with Gasteiger partial charge in [-0.15, -0.1) is 0 Å². The molecule has 0 atom stereocenters. The van der Waals surface area contributed by atoms with Crippen LogP contribution in [0.1, 0.15) is 51.8 Å². The van der Waals surface area contributed by atoms with E-state index in [-0.39, 0.29) is 5.91 Å². The van der Waals surface area contributed by atoms with Crippen molar-refractivity contribution >= 4 is 5.91 Å². The van der Waals surface area contributed by atoms with E-state index in [2.05, 4.69) is 29.4 Å². The Hall–Kier alpha value is -2.95. The molecule has 1 fully saturated rings. The first-order valence-corrected chi connectivity index (χ1v) is 8.98. The van der Waals surface area contributed by atoms with E-state index in [4.69, 9.17) is 5.10 Å². The smallest absolute Gasteiger partial charge is 0.255 e. The molecule has 1 saturated carbocycles. The largest absolute Gasteiger partial charge is 0.346 e. The van der Waals surface area contributed by atoms with Crippen LogP contribution in [-0.4, -0.2) is 20.7 Å². The molecule has 5 nitrogen and oxygen atoms in total. The van der Waals surface area contributed by atoms with E-state index in [9.17, 15) is 4.79 Å². The van der Waals surface area contributed by atoms with Crippen molar-refractivity contribution in [3.63, 3.8) is 0 Å². The zero-order chi connectivity index (χ0) is 18.1. The molecule has 4 rings (SSSR count). The van der Waals surface area contributed by atoms with E-state index >= 15 is 0 Å². The fourth-order valence-corrected chi connectivity index (χ4v) is 3.22. The van der Waals surface area contributed by atoms with Crippen LogP contribution in [0.15, 0.2) is 48.7 Å². The maximum atomic E-state index is 12.9. The molecule has 0 bridgehead atoms. The Morgan fingerprint density at radius 2 is 2.04 bits per heavy atom. The fraction of sp³-hybridized carbons (Fsp3) is 0.286. The Bertz CT molecular complexity index is 942. The van der Waals surface area contributed by atoms with Crippen LogP contribution < -0.4 is 5.32 Å². The number of carbonyl (C=O) groups excluding carboxylic acids is 1. The van der Waals surface area contributed by atoms with Gasteiger partial charge in [0.15, 0.2) is 0 Å². The summed E-state index contributed by atoms with van der Waals surface area (Å²) in [4.78, 5) is 17.2. The predicted octanol–water partition coefficient (Wildman–Crippen LogP) is 3.69. The van der Waals surface area contributed by atoms with Gasteiger partial charge < -0.3 is 5.32 Å². The van der Waals surface area contributed by atoms with Crippen molar-refractivity contribution in [3.05, 3.63) is 76.9 Å². The van der Waals surface area contributed by atoms with Gasteiger partial charge in [-0.3, -0.25) is 9.78 Å². The number of pyridine rings is 1. The van der Waals surface area contributed by atoms with E-state index in [1.165, 1.54) is 5.56 Å². The highest BCUT2D eigenvalue weighted by molar-refractivity contribution is 5.96. The summed E-state index contributed by atoms with van der Waals surface area (Å²) in [7, 11) is 0. The van der Waals surface area contributed by atoms with E-state index < -0.39 is 0 Å².